The van der Waals surface area contributed by atoms with Gasteiger partial charge in [0.05, 0.1) is 0 Å². The molecule has 0 aliphatic carbocycles. The van der Waals surface area contributed by atoms with Gasteiger partial charge < -0.3 is 9.84 Å². The van der Waals surface area contributed by atoms with E-state index in [1.165, 1.54) is 223 Å². The van der Waals surface area contributed by atoms with Gasteiger partial charge >= 0.3 is 5.97 Å². The molecule has 316 valence electrons. The summed E-state index contributed by atoms with van der Waals surface area (Å²) in [6.07, 6.45) is 47.6. The van der Waals surface area contributed by atoms with E-state index in [-0.39, 0.29) is 0 Å². The van der Waals surface area contributed by atoms with Crippen LogP contribution >= 0.6 is 0 Å². The Morgan fingerprint density at radius 3 is 0.855 bits per heavy atom. The van der Waals surface area contributed by atoms with Crippen LogP contribution in [0.1, 0.15) is 250 Å². The normalized spacial score (nSPS) is 11.0. The van der Waals surface area contributed by atoms with Gasteiger partial charge in [0.1, 0.15) is 11.5 Å². The van der Waals surface area contributed by atoms with Crippen molar-refractivity contribution in [3.05, 3.63) is 59.7 Å². The molecular formula is C52H90O3. The summed E-state index contributed by atoms with van der Waals surface area (Å²) < 4.78 is 6.05. The SMILES string of the molecule is CCCCCCCCCCCCCCCCCCCCCC(=O)O.CCCCCCCCCc1ccc(Oc2ccc(CCCCCCCCC)cc2)cc1. The van der Waals surface area contributed by atoms with Crippen molar-refractivity contribution in [2.24, 2.45) is 0 Å². The summed E-state index contributed by atoms with van der Waals surface area (Å²) in [5.74, 6) is 1.22. The molecule has 0 saturated carbocycles. The lowest BCUT2D eigenvalue weighted by Crippen LogP contribution is -1.93. The number of carbonyl (C=O) groups is 1. The first kappa shape index (κ1) is 50.7. The van der Waals surface area contributed by atoms with E-state index in [9.17, 15) is 4.79 Å². The van der Waals surface area contributed by atoms with Crippen LogP contribution in [0.15, 0.2) is 48.5 Å². The van der Waals surface area contributed by atoms with Gasteiger partial charge in [-0.25, -0.2) is 0 Å². The number of ether oxygens (including phenoxy) is 1. The molecule has 3 nitrogen and oxygen atoms in total. The van der Waals surface area contributed by atoms with Gasteiger partial charge in [-0.1, -0.05) is 238 Å². The molecule has 0 aliphatic rings. The minimum Gasteiger partial charge on any atom is -0.481 e. The molecule has 0 radical (unpaired) electrons. The van der Waals surface area contributed by atoms with Gasteiger partial charge in [-0.05, 0) is 67.5 Å². The fraction of sp³-hybridized carbons (Fsp3) is 0.750. The van der Waals surface area contributed by atoms with Crippen molar-refractivity contribution < 1.29 is 14.6 Å². The van der Waals surface area contributed by atoms with Crippen LogP contribution in [0.2, 0.25) is 0 Å². The minimum absolute atomic E-state index is 0.346. The lowest BCUT2D eigenvalue weighted by molar-refractivity contribution is -0.137. The first-order valence-electron chi connectivity index (χ1n) is 24.2. The van der Waals surface area contributed by atoms with Crippen molar-refractivity contribution in [2.75, 3.05) is 0 Å². The predicted molar refractivity (Wildman–Crippen MR) is 242 cm³/mol. The Morgan fingerprint density at radius 2 is 0.600 bits per heavy atom. The van der Waals surface area contributed by atoms with Crippen LogP contribution in [0.3, 0.4) is 0 Å². The minimum atomic E-state index is -0.651. The Morgan fingerprint density at radius 1 is 0.364 bits per heavy atom. The zero-order chi connectivity index (χ0) is 39.7. The van der Waals surface area contributed by atoms with E-state index < -0.39 is 5.97 Å². The highest BCUT2D eigenvalue weighted by atomic mass is 16.5. The molecule has 0 fully saturated rings. The monoisotopic (exact) mass is 763 g/mol. The number of aryl methyl sites for hydroxylation is 2. The molecule has 0 saturated heterocycles. The van der Waals surface area contributed by atoms with Gasteiger partial charge in [-0.3, -0.25) is 4.79 Å². The van der Waals surface area contributed by atoms with Gasteiger partial charge in [0.2, 0.25) is 0 Å². The molecule has 0 aromatic heterocycles. The molecule has 2 rings (SSSR count). The Bertz CT molecular complexity index is 1000. The third kappa shape index (κ3) is 34.7. The standard InChI is InChI=1S/C30H46O.C22H44O2/c1-3-5-7-9-11-13-15-17-27-19-23-29(24-20-27)31-30-25-21-28(22-26-30)18-16-14-12-10-8-6-4-2;1-2-3-4-5-6-7-8-9-10-11-12-13-14-15-16-17-18-19-20-21-22(23)24/h19-26H,3-18H2,1-2H3;2-21H2,1H3,(H,23,24). The van der Waals surface area contributed by atoms with Gasteiger partial charge in [0.25, 0.3) is 0 Å². The molecule has 3 heteroatoms. The van der Waals surface area contributed by atoms with Crippen molar-refractivity contribution in [2.45, 2.75) is 252 Å². The molecule has 2 aromatic carbocycles. The predicted octanol–water partition coefficient (Wildman–Crippen LogP) is 18.0. The number of benzene rings is 2. The largest absolute Gasteiger partial charge is 0.481 e. The third-order valence-corrected chi connectivity index (χ3v) is 11.2. The molecule has 0 spiro atoms. The van der Waals surface area contributed by atoms with E-state index >= 15 is 0 Å². The Labute approximate surface area is 342 Å². The van der Waals surface area contributed by atoms with Gasteiger partial charge in [-0.2, -0.15) is 0 Å². The molecular weight excluding hydrogens is 673 g/mol. The highest BCUT2D eigenvalue weighted by Crippen LogP contribution is 2.24. The van der Waals surface area contributed by atoms with E-state index in [2.05, 4.69) is 69.3 Å². The molecule has 0 unspecified atom stereocenters. The van der Waals surface area contributed by atoms with Gasteiger partial charge in [0.15, 0.2) is 0 Å². The summed E-state index contributed by atoms with van der Waals surface area (Å²) in [4.78, 5) is 10.4. The number of aliphatic carboxylic acids is 1. The van der Waals surface area contributed by atoms with E-state index in [0.717, 1.165) is 24.3 Å². The van der Waals surface area contributed by atoms with E-state index in [0.29, 0.717) is 6.42 Å². The fourth-order valence-electron chi connectivity index (χ4n) is 7.51. The average Bonchev–Trinajstić information content (AvgIpc) is 3.19. The van der Waals surface area contributed by atoms with Crippen LogP contribution in [-0.4, -0.2) is 11.1 Å². The van der Waals surface area contributed by atoms with Crippen LogP contribution in [0, 0.1) is 0 Å². The summed E-state index contributed by atoms with van der Waals surface area (Å²) in [7, 11) is 0. The average molecular weight is 763 g/mol. The second kappa shape index (κ2) is 39.9. The van der Waals surface area contributed by atoms with Crippen LogP contribution < -0.4 is 4.74 Å². The Kier molecular flexibility index (Phi) is 36.8. The molecule has 0 heterocycles. The first-order chi connectivity index (χ1) is 27.1. The van der Waals surface area contributed by atoms with Crippen LogP contribution in [-0.2, 0) is 17.6 Å². The van der Waals surface area contributed by atoms with Crippen molar-refractivity contribution in [3.63, 3.8) is 0 Å². The fourth-order valence-corrected chi connectivity index (χ4v) is 7.51. The number of rotatable bonds is 38. The number of hydrogen-bond donors (Lipinski definition) is 1. The number of hydrogen-bond acceptors (Lipinski definition) is 2. The van der Waals surface area contributed by atoms with Crippen molar-refractivity contribution >= 4 is 5.97 Å². The Hall–Kier alpha value is -2.29. The zero-order valence-electron chi connectivity index (χ0n) is 36.8. The molecule has 55 heavy (non-hydrogen) atoms. The highest BCUT2D eigenvalue weighted by Gasteiger charge is 2.02. The van der Waals surface area contributed by atoms with Gasteiger partial charge in [-0.15, -0.1) is 0 Å². The number of carboxylic acids is 1. The molecule has 0 amide bonds. The van der Waals surface area contributed by atoms with Crippen molar-refractivity contribution in [3.8, 4) is 11.5 Å². The number of unbranched alkanes of at least 4 members (excludes halogenated alkanes) is 30. The van der Waals surface area contributed by atoms with Crippen LogP contribution in [0.4, 0.5) is 0 Å². The maximum absolute atomic E-state index is 10.4. The second-order valence-corrected chi connectivity index (χ2v) is 16.6. The molecule has 1 N–H and O–H groups in total. The summed E-state index contributed by atoms with van der Waals surface area (Å²) >= 11 is 0. The molecule has 0 aliphatic heterocycles. The second-order valence-electron chi connectivity index (χ2n) is 16.6. The highest BCUT2D eigenvalue weighted by molar-refractivity contribution is 5.66. The maximum Gasteiger partial charge on any atom is 0.303 e. The maximum atomic E-state index is 10.4. The smallest absolute Gasteiger partial charge is 0.303 e. The third-order valence-electron chi connectivity index (χ3n) is 11.2. The summed E-state index contributed by atoms with van der Waals surface area (Å²) in [5.41, 5.74) is 2.84. The van der Waals surface area contributed by atoms with E-state index in [1.54, 1.807) is 0 Å². The summed E-state index contributed by atoms with van der Waals surface area (Å²) in [6.45, 7) is 6.84. The van der Waals surface area contributed by atoms with Crippen molar-refractivity contribution in [1.29, 1.82) is 0 Å². The quantitative estimate of drug-likeness (QED) is 0.0693. The molecule has 0 bridgehead atoms. The Balaban J connectivity index is 0.000000571. The summed E-state index contributed by atoms with van der Waals surface area (Å²) in [6, 6.07) is 17.4. The van der Waals surface area contributed by atoms with E-state index in [4.69, 9.17) is 9.84 Å². The summed E-state index contributed by atoms with van der Waals surface area (Å²) in [5, 5.41) is 8.56. The first-order valence-corrected chi connectivity index (χ1v) is 24.2. The molecule has 0 atom stereocenters. The molecule has 2 aromatic rings. The van der Waals surface area contributed by atoms with Gasteiger partial charge in [0, 0.05) is 6.42 Å². The zero-order valence-corrected chi connectivity index (χ0v) is 36.8. The van der Waals surface area contributed by atoms with Crippen LogP contribution in [0.25, 0.3) is 0 Å². The lowest BCUT2D eigenvalue weighted by atomic mass is 10.0. The van der Waals surface area contributed by atoms with Crippen LogP contribution in [0.5, 0.6) is 11.5 Å². The lowest BCUT2D eigenvalue weighted by Gasteiger charge is -2.08. The topological polar surface area (TPSA) is 46.5 Å². The van der Waals surface area contributed by atoms with E-state index in [1.807, 2.05) is 0 Å². The van der Waals surface area contributed by atoms with Crippen molar-refractivity contribution in [1.82, 2.24) is 0 Å². The number of carboxylic acid groups (broad SMARTS) is 1.